The van der Waals surface area contributed by atoms with E-state index in [0.29, 0.717) is 12.3 Å². The van der Waals surface area contributed by atoms with Gasteiger partial charge in [0.05, 0.1) is 17.6 Å². The fraction of sp³-hybridized carbons (Fsp3) is 0.333. The van der Waals surface area contributed by atoms with Crippen LogP contribution in [0.1, 0.15) is 40.6 Å². The fourth-order valence-corrected chi connectivity index (χ4v) is 2.70. The van der Waals surface area contributed by atoms with Gasteiger partial charge in [-0.2, -0.15) is 5.10 Å². The molecule has 1 aliphatic heterocycles. The van der Waals surface area contributed by atoms with Crippen LogP contribution in [0, 0.1) is 6.92 Å². The molecular weight excluding hydrogens is 272 g/mol. The molecule has 1 aromatic carbocycles. The van der Waals surface area contributed by atoms with Gasteiger partial charge in [-0.15, -0.1) is 0 Å². The van der Waals surface area contributed by atoms with Gasteiger partial charge in [0.2, 0.25) is 0 Å². The number of carboxylic acid groups (broad SMARTS) is 1. The van der Waals surface area contributed by atoms with Crippen molar-refractivity contribution in [1.29, 1.82) is 0 Å². The lowest BCUT2D eigenvalue weighted by Gasteiger charge is -2.15. The molecule has 0 amide bonds. The maximum atomic E-state index is 11.4. The zero-order valence-electron chi connectivity index (χ0n) is 11.6. The monoisotopic (exact) mass is 288 g/mol. The maximum Gasteiger partial charge on any atom is 0.339 e. The van der Waals surface area contributed by atoms with Crippen LogP contribution in [0.2, 0.25) is 0 Å². The highest BCUT2D eigenvalue weighted by Crippen LogP contribution is 2.33. The molecule has 6 heteroatoms. The number of ether oxygens (including phenoxy) is 1. The third-order valence-corrected chi connectivity index (χ3v) is 3.68. The molecule has 6 nitrogen and oxygen atoms in total. The number of benzene rings is 1. The minimum atomic E-state index is -1.01. The number of phenols is 1. The lowest BCUT2D eigenvalue weighted by atomic mass is 10.1. The molecule has 0 radical (unpaired) electrons. The van der Waals surface area contributed by atoms with E-state index in [2.05, 4.69) is 5.10 Å². The van der Waals surface area contributed by atoms with Gasteiger partial charge >= 0.3 is 5.97 Å². The first kappa shape index (κ1) is 13.6. The van der Waals surface area contributed by atoms with Gasteiger partial charge < -0.3 is 14.9 Å². The van der Waals surface area contributed by atoms with Crippen LogP contribution >= 0.6 is 0 Å². The third-order valence-electron chi connectivity index (χ3n) is 3.68. The standard InChI is InChI=1S/C15H16N2O4/c1-9-7-10(18)4-5-12(9)17-14(13-3-2-6-21-13)11(8-16-17)15(19)20/h4-5,7-8,13,18H,2-3,6H2,1H3,(H,19,20). The van der Waals surface area contributed by atoms with Gasteiger partial charge in [0.1, 0.15) is 17.4 Å². The van der Waals surface area contributed by atoms with E-state index in [1.807, 2.05) is 6.92 Å². The number of hydrogen-bond acceptors (Lipinski definition) is 4. The number of aromatic nitrogens is 2. The van der Waals surface area contributed by atoms with Crippen molar-refractivity contribution < 1.29 is 19.7 Å². The zero-order valence-corrected chi connectivity index (χ0v) is 11.6. The molecule has 1 aliphatic rings. The molecule has 0 bridgehead atoms. The highest BCUT2D eigenvalue weighted by atomic mass is 16.5. The minimum absolute atomic E-state index is 0.161. The van der Waals surface area contributed by atoms with Crippen LogP contribution < -0.4 is 0 Å². The smallest absolute Gasteiger partial charge is 0.339 e. The Labute approximate surface area is 121 Å². The van der Waals surface area contributed by atoms with Crippen LogP contribution in [-0.4, -0.2) is 32.6 Å². The number of rotatable bonds is 3. The normalized spacial score (nSPS) is 18.0. The number of aromatic carboxylic acids is 1. The second kappa shape index (κ2) is 5.21. The summed E-state index contributed by atoms with van der Waals surface area (Å²) in [4.78, 5) is 11.4. The van der Waals surface area contributed by atoms with E-state index < -0.39 is 5.97 Å². The van der Waals surface area contributed by atoms with Crippen LogP contribution in [0.4, 0.5) is 0 Å². The predicted octanol–water partition coefficient (Wildman–Crippen LogP) is 2.44. The second-order valence-corrected chi connectivity index (χ2v) is 5.13. The molecule has 2 aromatic rings. The van der Waals surface area contributed by atoms with Crippen molar-refractivity contribution in [2.75, 3.05) is 6.61 Å². The van der Waals surface area contributed by atoms with Crippen molar-refractivity contribution >= 4 is 5.97 Å². The van der Waals surface area contributed by atoms with Gasteiger partial charge in [-0.3, -0.25) is 0 Å². The summed E-state index contributed by atoms with van der Waals surface area (Å²) in [6.45, 7) is 2.47. The molecule has 21 heavy (non-hydrogen) atoms. The molecule has 1 atom stereocenters. The zero-order chi connectivity index (χ0) is 15.0. The lowest BCUT2D eigenvalue weighted by Crippen LogP contribution is -2.12. The molecule has 0 aliphatic carbocycles. The summed E-state index contributed by atoms with van der Waals surface area (Å²) in [6, 6.07) is 4.90. The van der Waals surface area contributed by atoms with Gasteiger partial charge in [-0.1, -0.05) is 0 Å². The average molecular weight is 288 g/mol. The van der Waals surface area contributed by atoms with E-state index >= 15 is 0 Å². The highest BCUT2D eigenvalue weighted by Gasteiger charge is 2.29. The van der Waals surface area contributed by atoms with Crippen molar-refractivity contribution in [2.45, 2.75) is 25.9 Å². The van der Waals surface area contributed by atoms with Gasteiger partial charge in [-0.25, -0.2) is 9.48 Å². The molecule has 1 saturated heterocycles. The van der Waals surface area contributed by atoms with E-state index in [4.69, 9.17) is 4.74 Å². The van der Waals surface area contributed by atoms with Gasteiger partial charge in [-0.05, 0) is 43.5 Å². The van der Waals surface area contributed by atoms with Crippen LogP contribution in [0.3, 0.4) is 0 Å². The molecule has 2 heterocycles. The number of phenolic OH excluding ortho intramolecular Hbond substituents is 1. The largest absolute Gasteiger partial charge is 0.508 e. The second-order valence-electron chi connectivity index (χ2n) is 5.13. The molecule has 1 aromatic heterocycles. The van der Waals surface area contributed by atoms with Gasteiger partial charge in [0, 0.05) is 6.61 Å². The Hall–Kier alpha value is -2.34. The topological polar surface area (TPSA) is 84.6 Å². The number of nitrogens with zero attached hydrogens (tertiary/aromatic N) is 2. The van der Waals surface area contributed by atoms with Crippen LogP contribution in [0.5, 0.6) is 5.75 Å². The molecule has 0 saturated carbocycles. The first-order valence-corrected chi connectivity index (χ1v) is 6.80. The summed E-state index contributed by atoms with van der Waals surface area (Å²) in [6.07, 6.45) is 2.78. The van der Waals surface area contributed by atoms with E-state index in [-0.39, 0.29) is 17.4 Å². The Morgan fingerprint density at radius 3 is 2.90 bits per heavy atom. The SMILES string of the molecule is Cc1cc(O)ccc1-n1ncc(C(=O)O)c1C1CCCO1. The molecular formula is C15H16N2O4. The summed E-state index contributed by atoms with van der Waals surface area (Å²) >= 11 is 0. The molecule has 2 N–H and O–H groups in total. The van der Waals surface area contributed by atoms with E-state index in [0.717, 1.165) is 24.1 Å². The van der Waals surface area contributed by atoms with Crippen molar-refractivity contribution in [3.63, 3.8) is 0 Å². The quantitative estimate of drug-likeness (QED) is 0.906. The average Bonchev–Trinajstić information content (AvgIpc) is 3.06. The van der Waals surface area contributed by atoms with E-state index in [1.54, 1.807) is 22.9 Å². The number of aromatic hydroxyl groups is 1. The summed E-state index contributed by atoms with van der Waals surface area (Å²) in [5.74, 6) is -0.844. The van der Waals surface area contributed by atoms with Gasteiger partial charge in [0.25, 0.3) is 0 Å². The Balaban J connectivity index is 2.15. The molecule has 1 unspecified atom stereocenters. The van der Waals surface area contributed by atoms with E-state index in [9.17, 15) is 15.0 Å². The fourth-order valence-electron chi connectivity index (χ4n) is 2.70. The third kappa shape index (κ3) is 2.38. The van der Waals surface area contributed by atoms with Crippen molar-refractivity contribution in [3.8, 4) is 11.4 Å². The van der Waals surface area contributed by atoms with Crippen molar-refractivity contribution in [2.24, 2.45) is 0 Å². The molecule has 110 valence electrons. The summed E-state index contributed by atoms with van der Waals surface area (Å²) in [5.41, 5.74) is 2.28. The Kier molecular flexibility index (Phi) is 3.39. The molecule has 3 rings (SSSR count). The first-order valence-electron chi connectivity index (χ1n) is 6.80. The Morgan fingerprint density at radius 1 is 1.48 bits per heavy atom. The molecule has 0 spiro atoms. The molecule has 1 fully saturated rings. The van der Waals surface area contributed by atoms with E-state index in [1.165, 1.54) is 6.20 Å². The summed E-state index contributed by atoms with van der Waals surface area (Å²) in [5, 5.41) is 23.1. The van der Waals surface area contributed by atoms with Crippen LogP contribution in [0.25, 0.3) is 5.69 Å². The number of carbonyl (C=O) groups is 1. The Morgan fingerprint density at radius 2 is 2.29 bits per heavy atom. The first-order chi connectivity index (χ1) is 10.1. The highest BCUT2D eigenvalue weighted by molar-refractivity contribution is 5.89. The number of hydrogen-bond donors (Lipinski definition) is 2. The predicted molar refractivity (Wildman–Crippen MR) is 74.9 cm³/mol. The van der Waals surface area contributed by atoms with Crippen LogP contribution in [-0.2, 0) is 4.74 Å². The summed E-state index contributed by atoms with van der Waals surface area (Å²) < 4.78 is 7.25. The van der Waals surface area contributed by atoms with Crippen LogP contribution in [0.15, 0.2) is 24.4 Å². The minimum Gasteiger partial charge on any atom is -0.508 e. The maximum absolute atomic E-state index is 11.4. The summed E-state index contributed by atoms with van der Waals surface area (Å²) in [7, 11) is 0. The Bertz CT molecular complexity index is 687. The number of aryl methyl sites for hydroxylation is 1. The van der Waals surface area contributed by atoms with Crippen molar-refractivity contribution in [3.05, 3.63) is 41.2 Å². The number of carboxylic acids is 1. The lowest BCUT2D eigenvalue weighted by molar-refractivity contribution is 0.0679. The van der Waals surface area contributed by atoms with Crippen molar-refractivity contribution in [1.82, 2.24) is 9.78 Å². The van der Waals surface area contributed by atoms with Gasteiger partial charge in [0.15, 0.2) is 0 Å².